The fourth-order valence-corrected chi connectivity index (χ4v) is 3.39. The highest BCUT2D eigenvalue weighted by Gasteiger charge is 2.25. The number of fused-ring (bicyclic) bond motifs is 1. The maximum absolute atomic E-state index is 12.3. The number of aromatic amines is 1. The van der Waals surface area contributed by atoms with Gasteiger partial charge in [0, 0.05) is 13.1 Å². The number of nitrogens with one attached hydrogen (secondary N) is 1. The number of aromatic nitrogens is 2. The van der Waals surface area contributed by atoms with Crippen molar-refractivity contribution < 1.29 is 9.53 Å². The molecule has 112 valence electrons. The largest absolute Gasteiger partial charge is 0.372 e. The van der Waals surface area contributed by atoms with Gasteiger partial charge in [-0.1, -0.05) is 23.9 Å². The third kappa shape index (κ3) is 3.39. The number of nitrogens with zero attached hydrogens (tertiary/aromatic N) is 2. The van der Waals surface area contributed by atoms with Gasteiger partial charge in [0.05, 0.1) is 29.0 Å². The van der Waals surface area contributed by atoms with Crippen molar-refractivity contribution in [2.75, 3.05) is 18.8 Å². The van der Waals surface area contributed by atoms with Gasteiger partial charge in [-0.15, -0.1) is 0 Å². The molecule has 0 spiro atoms. The van der Waals surface area contributed by atoms with E-state index < -0.39 is 0 Å². The van der Waals surface area contributed by atoms with Gasteiger partial charge in [0.15, 0.2) is 5.16 Å². The molecule has 1 saturated heterocycles. The maximum atomic E-state index is 12.3. The van der Waals surface area contributed by atoms with Gasteiger partial charge in [-0.2, -0.15) is 0 Å². The summed E-state index contributed by atoms with van der Waals surface area (Å²) in [6, 6.07) is 7.87. The van der Waals surface area contributed by atoms with Gasteiger partial charge in [0.2, 0.25) is 5.91 Å². The molecule has 3 rings (SSSR count). The third-order valence-corrected chi connectivity index (χ3v) is 4.33. The van der Waals surface area contributed by atoms with Crippen LogP contribution in [0.25, 0.3) is 11.0 Å². The van der Waals surface area contributed by atoms with Crippen LogP contribution in [0.1, 0.15) is 13.8 Å². The van der Waals surface area contributed by atoms with Gasteiger partial charge < -0.3 is 14.6 Å². The number of rotatable bonds is 3. The molecule has 1 aliphatic rings. The second-order valence-electron chi connectivity index (χ2n) is 5.40. The van der Waals surface area contributed by atoms with Crippen molar-refractivity contribution in [3.05, 3.63) is 24.3 Å². The Balaban J connectivity index is 1.60. The zero-order valence-electron chi connectivity index (χ0n) is 12.2. The molecule has 1 aromatic heterocycles. The molecule has 5 nitrogen and oxygen atoms in total. The highest BCUT2D eigenvalue weighted by Crippen LogP contribution is 2.20. The summed E-state index contributed by atoms with van der Waals surface area (Å²) in [5.74, 6) is 0.543. The zero-order chi connectivity index (χ0) is 14.8. The van der Waals surface area contributed by atoms with Crippen molar-refractivity contribution in [1.29, 1.82) is 0 Å². The Hall–Kier alpha value is -1.53. The van der Waals surface area contributed by atoms with Gasteiger partial charge in [0.25, 0.3) is 0 Å². The Morgan fingerprint density at radius 3 is 2.81 bits per heavy atom. The second-order valence-corrected chi connectivity index (χ2v) is 6.37. The van der Waals surface area contributed by atoms with Crippen LogP contribution in [0.2, 0.25) is 0 Å². The molecule has 1 aromatic carbocycles. The van der Waals surface area contributed by atoms with Crippen LogP contribution >= 0.6 is 11.8 Å². The SMILES string of the molecule is CC1CN(C(=O)CSc2nc3ccccc3[nH]2)CC(C)O1. The molecular formula is C15H19N3O2S. The average Bonchev–Trinajstić information content (AvgIpc) is 2.86. The number of amides is 1. The summed E-state index contributed by atoms with van der Waals surface area (Å²) in [6.07, 6.45) is 0.211. The topological polar surface area (TPSA) is 58.2 Å². The Bertz CT molecular complexity index is 600. The Morgan fingerprint density at radius 2 is 2.10 bits per heavy atom. The standard InChI is InChI=1S/C15H19N3O2S/c1-10-7-18(8-11(2)20-10)14(19)9-21-15-16-12-5-3-4-6-13(12)17-15/h3-6,10-11H,7-9H2,1-2H3,(H,16,17). The molecule has 0 saturated carbocycles. The summed E-state index contributed by atoms with van der Waals surface area (Å²) in [4.78, 5) is 21.9. The summed E-state index contributed by atoms with van der Waals surface area (Å²) < 4.78 is 5.65. The fraction of sp³-hybridized carbons (Fsp3) is 0.467. The van der Waals surface area contributed by atoms with E-state index in [-0.39, 0.29) is 18.1 Å². The number of ether oxygens (including phenoxy) is 1. The minimum atomic E-state index is 0.105. The monoisotopic (exact) mass is 305 g/mol. The lowest BCUT2D eigenvalue weighted by Crippen LogP contribution is -2.48. The number of hydrogen-bond acceptors (Lipinski definition) is 4. The first-order chi connectivity index (χ1) is 10.1. The molecule has 0 bridgehead atoms. The van der Waals surface area contributed by atoms with E-state index in [1.807, 2.05) is 43.0 Å². The second kappa shape index (κ2) is 6.07. The lowest BCUT2D eigenvalue weighted by molar-refractivity contribution is -0.140. The van der Waals surface area contributed by atoms with Crippen LogP contribution in [0.5, 0.6) is 0 Å². The van der Waals surface area contributed by atoms with Gasteiger partial charge in [-0.25, -0.2) is 4.98 Å². The summed E-state index contributed by atoms with van der Waals surface area (Å²) in [5, 5.41) is 0.791. The molecular weight excluding hydrogens is 286 g/mol. The van der Waals surface area contributed by atoms with Crippen LogP contribution in [-0.4, -0.2) is 51.8 Å². The van der Waals surface area contributed by atoms with Crippen molar-refractivity contribution in [2.45, 2.75) is 31.2 Å². The Morgan fingerprint density at radius 1 is 1.38 bits per heavy atom. The first kappa shape index (κ1) is 14.4. The smallest absolute Gasteiger partial charge is 0.233 e. The van der Waals surface area contributed by atoms with E-state index in [0.29, 0.717) is 18.8 Å². The van der Waals surface area contributed by atoms with Crippen LogP contribution < -0.4 is 0 Å². The van der Waals surface area contributed by atoms with Crippen molar-refractivity contribution in [3.63, 3.8) is 0 Å². The number of H-pyrrole nitrogens is 1. The summed E-state index contributed by atoms with van der Waals surface area (Å²) in [5.41, 5.74) is 1.93. The molecule has 2 atom stereocenters. The zero-order valence-corrected chi connectivity index (χ0v) is 13.0. The number of carbonyl (C=O) groups is 1. The molecule has 21 heavy (non-hydrogen) atoms. The first-order valence-electron chi connectivity index (χ1n) is 7.12. The molecule has 2 heterocycles. The predicted octanol–water partition coefficient (Wildman–Crippen LogP) is 2.29. The molecule has 1 amide bonds. The van der Waals surface area contributed by atoms with E-state index in [4.69, 9.17) is 4.74 Å². The Labute approximate surface area is 128 Å². The molecule has 1 N–H and O–H groups in total. The van der Waals surface area contributed by atoms with Crippen LogP contribution in [0.4, 0.5) is 0 Å². The van der Waals surface area contributed by atoms with E-state index in [1.165, 1.54) is 11.8 Å². The molecule has 0 radical (unpaired) electrons. The molecule has 0 aliphatic carbocycles. The average molecular weight is 305 g/mol. The number of para-hydroxylation sites is 2. The minimum Gasteiger partial charge on any atom is -0.372 e. The number of thioether (sulfide) groups is 1. The number of carbonyl (C=O) groups excluding carboxylic acids is 1. The van der Waals surface area contributed by atoms with Crippen LogP contribution in [0, 0.1) is 0 Å². The summed E-state index contributed by atoms with van der Waals surface area (Å²) in [7, 11) is 0. The van der Waals surface area contributed by atoms with Gasteiger partial charge >= 0.3 is 0 Å². The molecule has 2 aromatic rings. The van der Waals surface area contributed by atoms with Crippen molar-refractivity contribution in [2.24, 2.45) is 0 Å². The van der Waals surface area contributed by atoms with Crippen molar-refractivity contribution in [3.8, 4) is 0 Å². The highest BCUT2D eigenvalue weighted by molar-refractivity contribution is 7.99. The fourth-order valence-electron chi connectivity index (χ4n) is 2.60. The van der Waals surface area contributed by atoms with E-state index >= 15 is 0 Å². The normalized spacial score (nSPS) is 22.7. The third-order valence-electron chi connectivity index (χ3n) is 3.47. The van der Waals surface area contributed by atoms with E-state index in [0.717, 1.165) is 16.2 Å². The quantitative estimate of drug-likeness (QED) is 0.884. The number of imidazole rings is 1. The van der Waals surface area contributed by atoms with E-state index in [1.54, 1.807) is 0 Å². The number of benzene rings is 1. The van der Waals surface area contributed by atoms with Gasteiger partial charge in [-0.3, -0.25) is 4.79 Å². The summed E-state index contributed by atoms with van der Waals surface area (Å²) in [6.45, 7) is 5.35. The lowest BCUT2D eigenvalue weighted by Gasteiger charge is -2.35. The van der Waals surface area contributed by atoms with Crippen LogP contribution in [-0.2, 0) is 9.53 Å². The molecule has 2 unspecified atom stereocenters. The maximum Gasteiger partial charge on any atom is 0.233 e. The predicted molar refractivity (Wildman–Crippen MR) is 83.4 cm³/mol. The van der Waals surface area contributed by atoms with Crippen LogP contribution in [0.3, 0.4) is 0 Å². The highest BCUT2D eigenvalue weighted by atomic mass is 32.2. The van der Waals surface area contributed by atoms with Crippen LogP contribution in [0.15, 0.2) is 29.4 Å². The molecule has 1 fully saturated rings. The first-order valence-corrected chi connectivity index (χ1v) is 8.11. The van der Waals surface area contributed by atoms with Gasteiger partial charge in [0.1, 0.15) is 0 Å². The molecule has 1 aliphatic heterocycles. The number of hydrogen-bond donors (Lipinski definition) is 1. The van der Waals surface area contributed by atoms with E-state index in [9.17, 15) is 4.79 Å². The molecule has 6 heteroatoms. The van der Waals surface area contributed by atoms with Crippen molar-refractivity contribution in [1.82, 2.24) is 14.9 Å². The van der Waals surface area contributed by atoms with Gasteiger partial charge in [-0.05, 0) is 26.0 Å². The number of morpholine rings is 1. The Kier molecular flexibility index (Phi) is 4.17. The van der Waals surface area contributed by atoms with E-state index in [2.05, 4.69) is 9.97 Å². The lowest BCUT2D eigenvalue weighted by atomic mass is 10.2. The summed E-state index contributed by atoms with van der Waals surface area (Å²) >= 11 is 1.45. The van der Waals surface area contributed by atoms with Crippen molar-refractivity contribution >= 4 is 28.7 Å². The minimum absolute atomic E-state index is 0.105.